The number of methoxy groups -OCH3 is 1. The molecule has 2 N–H and O–H groups in total. The first-order valence-electron chi connectivity index (χ1n) is 6.73. The van der Waals surface area contributed by atoms with Gasteiger partial charge < -0.3 is 19.9 Å². The molecule has 0 aliphatic carbocycles. The van der Waals surface area contributed by atoms with E-state index in [2.05, 4.69) is 0 Å². The lowest BCUT2D eigenvalue weighted by Gasteiger charge is -2.17. The van der Waals surface area contributed by atoms with Gasteiger partial charge in [-0.25, -0.2) is 0 Å². The van der Waals surface area contributed by atoms with Crippen molar-refractivity contribution < 1.29 is 19.0 Å². The predicted octanol–water partition coefficient (Wildman–Crippen LogP) is 2.44. The van der Waals surface area contributed by atoms with Crippen LogP contribution in [0.1, 0.15) is 38.8 Å². The molecule has 1 aromatic rings. The van der Waals surface area contributed by atoms with E-state index in [0.717, 1.165) is 5.56 Å². The number of hydrogen-bond acceptors (Lipinski definition) is 5. The molecule has 5 heteroatoms. The monoisotopic (exact) mass is 281 g/mol. The minimum absolute atomic E-state index is 0.0583. The highest BCUT2D eigenvalue weighted by atomic mass is 16.5. The molecule has 0 aliphatic rings. The maximum Gasteiger partial charge on any atom is 0.307 e. The third-order valence-electron chi connectivity index (χ3n) is 2.67. The quantitative estimate of drug-likeness (QED) is 0.777. The third-order valence-corrected chi connectivity index (χ3v) is 2.67. The van der Waals surface area contributed by atoms with Crippen LogP contribution in [0.5, 0.6) is 11.5 Å². The molecule has 1 aromatic carbocycles. The summed E-state index contributed by atoms with van der Waals surface area (Å²) in [6.07, 6.45) is 0.199. The van der Waals surface area contributed by atoms with Crippen molar-refractivity contribution in [2.75, 3.05) is 13.7 Å². The summed E-state index contributed by atoms with van der Waals surface area (Å²) in [4.78, 5) is 11.4. The predicted molar refractivity (Wildman–Crippen MR) is 76.9 cm³/mol. The minimum atomic E-state index is -0.420. The second kappa shape index (κ2) is 7.75. The fourth-order valence-corrected chi connectivity index (χ4v) is 1.78. The normalized spacial score (nSPS) is 12.1. The molecule has 1 atom stereocenters. The Morgan fingerprint density at radius 1 is 1.30 bits per heavy atom. The molecule has 0 aliphatic heterocycles. The summed E-state index contributed by atoms with van der Waals surface area (Å²) in [5.41, 5.74) is 6.82. The summed E-state index contributed by atoms with van der Waals surface area (Å²) >= 11 is 0. The van der Waals surface area contributed by atoms with Gasteiger partial charge in [0.25, 0.3) is 0 Å². The summed E-state index contributed by atoms with van der Waals surface area (Å²) in [5, 5.41) is 0. The average molecular weight is 281 g/mol. The number of benzene rings is 1. The Labute approximate surface area is 120 Å². The van der Waals surface area contributed by atoms with E-state index in [1.54, 1.807) is 26.2 Å². The Bertz CT molecular complexity index is 445. The molecule has 0 unspecified atom stereocenters. The molecular weight excluding hydrogens is 258 g/mol. The fraction of sp³-hybridized carbons (Fsp3) is 0.533. The maximum atomic E-state index is 11.4. The summed E-state index contributed by atoms with van der Waals surface area (Å²) in [5.74, 6) is 0.964. The highest BCUT2D eigenvalue weighted by molar-refractivity contribution is 5.70. The van der Waals surface area contributed by atoms with E-state index in [-0.39, 0.29) is 18.5 Å². The number of ether oxygens (including phenoxy) is 3. The molecule has 1 rings (SSSR count). The van der Waals surface area contributed by atoms with Gasteiger partial charge in [-0.3, -0.25) is 4.79 Å². The van der Waals surface area contributed by atoms with Gasteiger partial charge in [0.15, 0.2) is 11.5 Å². The van der Waals surface area contributed by atoms with Gasteiger partial charge in [-0.05, 0) is 38.5 Å². The van der Waals surface area contributed by atoms with Gasteiger partial charge in [-0.2, -0.15) is 0 Å². The minimum Gasteiger partial charge on any atom is -0.493 e. The molecule has 0 saturated carbocycles. The SMILES string of the molecule is CCOC(=O)C[C@H](N)c1ccc(OC(C)C)c(OC)c1. The van der Waals surface area contributed by atoms with E-state index in [1.165, 1.54) is 0 Å². The van der Waals surface area contributed by atoms with Crippen LogP contribution in [-0.4, -0.2) is 25.8 Å². The van der Waals surface area contributed by atoms with Crippen LogP contribution in [0.4, 0.5) is 0 Å². The fourth-order valence-electron chi connectivity index (χ4n) is 1.78. The number of carbonyl (C=O) groups excluding carboxylic acids is 1. The lowest BCUT2D eigenvalue weighted by molar-refractivity contribution is -0.143. The van der Waals surface area contributed by atoms with Crippen LogP contribution in [0.3, 0.4) is 0 Å². The number of nitrogens with two attached hydrogens (primary N) is 1. The van der Waals surface area contributed by atoms with Gasteiger partial charge >= 0.3 is 5.97 Å². The van der Waals surface area contributed by atoms with Crippen LogP contribution in [0.25, 0.3) is 0 Å². The smallest absolute Gasteiger partial charge is 0.307 e. The Kier molecular flexibility index (Phi) is 6.31. The van der Waals surface area contributed by atoms with Gasteiger partial charge in [0, 0.05) is 6.04 Å². The second-order valence-electron chi connectivity index (χ2n) is 4.69. The standard InChI is InChI=1S/C15H23NO4/c1-5-19-15(17)9-12(16)11-6-7-13(20-10(2)3)14(8-11)18-4/h6-8,10,12H,5,9,16H2,1-4H3/t12-/m0/s1. The van der Waals surface area contributed by atoms with E-state index in [1.807, 2.05) is 19.9 Å². The van der Waals surface area contributed by atoms with Crippen LogP contribution in [0.2, 0.25) is 0 Å². The summed E-state index contributed by atoms with van der Waals surface area (Å²) in [6.45, 7) is 6.01. The van der Waals surface area contributed by atoms with Gasteiger partial charge in [-0.15, -0.1) is 0 Å². The number of carbonyl (C=O) groups is 1. The highest BCUT2D eigenvalue weighted by Crippen LogP contribution is 2.31. The van der Waals surface area contributed by atoms with Crippen molar-refractivity contribution in [3.05, 3.63) is 23.8 Å². The second-order valence-corrected chi connectivity index (χ2v) is 4.69. The van der Waals surface area contributed by atoms with Crippen molar-refractivity contribution in [3.63, 3.8) is 0 Å². The van der Waals surface area contributed by atoms with Crippen molar-refractivity contribution in [2.45, 2.75) is 39.3 Å². The Morgan fingerprint density at radius 3 is 2.55 bits per heavy atom. The first-order chi connectivity index (χ1) is 9.47. The molecular formula is C15H23NO4. The van der Waals surface area contributed by atoms with E-state index in [9.17, 15) is 4.79 Å². The topological polar surface area (TPSA) is 70.8 Å². The molecule has 0 amide bonds. The third kappa shape index (κ3) is 4.74. The first kappa shape index (κ1) is 16.3. The van der Waals surface area contributed by atoms with E-state index >= 15 is 0 Å². The van der Waals surface area contributed by atoms with Crippen molar-refractivity contribution in [3.8, 4) is 11.5 Å². The molecule has 0 aromatic heterocycles. The molecule has 20 heavy (non-hydrogen) atoms. The van der Waals surface area contributed by atoms with Crippen LogP contribution >= 0.6 is 0 Å². The Balaban J connectivity index is 2.83. The van der Waals surface area contributed by atoms with Crippen LogP contribution in [0, 0.1) is 0 Å². The van der Waals surface area contributed by atoms with Gasteiger partial charge in [-0.1, -0.05) is 6.07 Å². The van der Waals surface area contributed by atoms with Gasteiger partial charge in [0.1, 0.15) is 0 Å². The van der Waals surface area contributed by atoms with Crippen LogP contribution < -0.4 is 15.2 Å². The lowest BCUT2D eigenvalue weighted by atomic mass is 10.0. The van der Waals surface area contributed by atoms with Crippen molar-refractivity contribution >= 4 is 5.97 Å². The van der Waals surface area contributed by atoms with Crippen molar-refractivity contribution in [1.82, 2.24) is 0 Å². The zero-order chi connectivity index (χ0) is 15.1. The summed E-state index contributed by atoms with van der Waals surface area (Å²) in [6, 6.07) is 5.02. The van der Waals surface area contributed by atoms with E-state index < -0.39 is 6.04 Å². The number of hydrogen-bond donors (Lipinski definition) is 1. The van der Waals surface area contributed by atoms with Gasteiger partial charge in [0.05, 0.1) is 26.2 Å². The molecule has 0 bridgehead atoms. The molecule has 0 saturated heterocycles. The molecule has 5 nitrogen and oxygen atoms in total. The Hall–Kier alpha value is -1.75. The molecule has 0 heterocycles. The lowest BCUT2D eigenvalue weighted by Crippen LogP contribution is -2.17. The van der Waals surface area contributed by atoms with Crippen LogP contribution in [0.15, 0.2) is 18.2 Å². The summed E-state index contributed by atoms with van der Waals surface area (Å²) < 4.78 is 15.8. The Morgan fingerprint density at radius 2 is 2.00 bits per heavy atom. The van der Waals surface area contributed by atoms with Crippen LogP contribution in [-0.2, 0) is 9.53 Å². The molecule has 0 fully saturated rings. The summed E-state index contributed by atoms with van der Waals surface area (Å²) in [7, 11) is 1.57. The highest BCUT2D eigenvalue weighted by Gasteiger charge is 2.15. The van der Waals surface area contributed by atoms with Crippen molar-refractivity contribution in [1.29, 1.82) is 0 Å². The maximum absolute atomic E-state index is 11.4. The number of esters is 1. The van der Waals surface area contributed by atoms with E-state index in [4.69, 9.17) is 19.9 Å². The zero-order valence-electron chi connectivity index (χ0n) is 12.5. The molecule has 0 radical (unpaired) electrons. The first-order valence-corrected chi connectivity index (χ1v) is 6.73. The molecule has 0 spiro atoms. The number of rotatable bonds is 7. The average Bonchev–Trinajstić information content (AvgIpc) is 2.38. The van der Waals surface area contributed by atoms with Crippen molar-refractivity contribution in [2.24, 2.45) is 5.73 Å². The van der Waals surface area contributed by atoms with Gasteiger partial charge in [0.2, 0.25) is 0 Å². The van der Waals surface area contributed by atoms with E-state index in [0.29, 0.717) is 18.1 Å². The largest absolute Gasteiger partial charge is 0.493 e. The zero-order valence-corrected chi connectivity index (χ0v) is 12.5. The molecule has 112 valence electrons.